The first-order valence-corrected chi connectivity index (χ1v) is 9.32. The van der Waals surface area contributed by atoms with Crippen LogP contribution in [0.5, 0.6) is 0 Å². The van der Waals surface area contributed by atoms with Gasteiger partial charge in [-0.3, -0.25) is 9.58 Å². The maximum atomic E-state index is 12.0. The zero-order valence-electron chi connectivity index (χ0n) is 13.2. The Morgan fingerprint density at radius 3 is 3.05 bits per heavy atom. The first-order chi connectivity index (χ1) is 10.5. The van der Waals surface area contributed by atoms with Crippen molar-refractivity contribution in [2.45, 2.75) is 37.7 Å². The van der Waals surface area contributed by atoms with Gasteiger partial charge in [0.2, 0.25) is 10.0 Å². The Hall–Kier alpha value is -0.960. The predicted molar refractivity (Wildman–Crippen MR) is 82.8 cm³/mol. The summed E-state index contributed by atoms with van der Waals surface area (Å²) in [4.78, 5) is 2.22. The van der Waals surface area contributed by atoms with E-state index in [9.17, 15) is 8.42 Å². The Morgan fingerprint density at radius 2 is 2.27 bits per heavy atom. The minimum atomic E-state index is -3.20. The molecule has 0 aromatic carbocycles. The van der Waals surface area contributed by atoms with E-state index in [2.05, 4.69) is 14.7 Å². The van der Waals surface area contributed by atoms with E-state index >= 15 is 0 Å². The van der Waals surface area contributed by atoms with Crippen LogP contribution >= 0.6 is 0 Å². The number of hydrogen-bond donors (Lipinski definition) is 1. The van der Waals surface area contributed by atoms with Crippen LogP contribution in [0.15, 0.2) is 0 Å². The normalized spacial score (nSPS) is 23.5. The molecule has 0 amide bonds. The predicted octanol–water partition coefficient (Wildman–Crippen LogP) is 0.00640. The molecule has 0 radical (unpaired) electrons. The van der Waals surface area contributed by atoms with Crippen LogP contribution in [0.25, 0.3) is 0 Å². The molecule has 1 unspecified atom stereocenters. The van der Waals surface area contributed by atoms with Gasteiger partial charge < -0.3 is 4.74 Å². The minimum absolute atomic E-state index is 0.327. The molecule has 2 aliphatic heterocycles. The molecule has 2 aliphatic rings. The number of nitrogens with zero attached hydrogens (tertiary/aromatic N) is 3. The van der Waals surface area contributed by atoms with Crippen LogP contribution in [0.1, 0.15) is 29.8 Å². The molecule has 8 heteroatoms. The Bertz CT molecular complexity index is 641. The Balaban J connectivity index is 1.75. The van der Waals surface area contributed by atoms with E-state index in [1.54, 1.807) is 0 Å². The van der Waals surface area contributed by atoms with Gasteiger partial charge in [0.1, 0.15) is 0 Å². The van der Waals surface area contributed by atoms with Crippen molar-refractivity contribution in [3.63, 3.8) is 0 Å². The summed E-state index contributed by atoms with van der Waals surface area (Å²) in [6.45, 7) is 3.58. The third-order valence-corrected chi connectivity index (χ3v) is 6.48. The highest BCUT2D eigenvalue weighted by Crippen LogP contribution is 2.24. The molecule has 1 fully saturated rings. The molecule has 1 N–H and O–H groups in total. The number of likely N-dealkylation sites (tertiary alicyclic amines) is 1. The number of piperidine rings is 1. The van der Waals surface area contributed by atoms with Crippen molar-refractivity contribution >= 4 is 10.0 Å². The number of ether oxygens (including phenoxy) is 1. The highest BCUT2D eigenvalue weighted by atomic mass is 32.2. The van der Waals surface area contributed by atoms with Crippen molar-refractivity contribution < 1.29 is 13.2 Å². The molecule has 3 heterocycles. The SMILES string of the molecule is CNS(=O)(=O)C1CCCN(Cc2c3c(nn2C)CCOC3)C1. The average molecular weight is 328 g/mol. The number of sulfonamides is 1. The third kappa shape index (κ3) is 3.05. The van der Waals surface area contributed by atoms with Crippen molar-refractivity contribution in [1.82, 2.24) is 19.4 Å². The Labute approximate surface area is 131 Å². The molecule has 1 aromatic heterocycles. The zero-order chi connectivity index (χ0) is 15.7. The number of nitrogens with one attached hydrogen (secondary N) is 1. The lowest BCUT2D eigenvalue weighted by Crippen LogP contribution is -2.45. The second-order valence-corrected chi connectivity index (χ2v) is 8.21. The summed E-state index contributed by atoms with van der Waals surface area (Å²) in [7, 11) is 0.248. The van der Waals surface area contributed by atoms with Crippen LogP contribution in [0, 0.1) is 0 Å². The fourth-order valence-electron chi connectivity index (χ4n) is 3.36. The molecule has 1 atom stereocenters. The summed E-state index contributed by atoms with van der Waals surface area (Å²) in [6, 6.07) is 0. The minimum Gasteiger partial charge on any atom is -0.376 e. The van der Waals surface area contributed by atoms with Crippen LogP contribution in [-0.2, 0) is 41.4 Å². The maximum absolute atomic E-state index is 12.0. The Kier molecular flexibility index (Phi) is 4.54. The summed E-state index contributed by atoms with van der Waals surface area (Å²) in [5, 5.41) is 4.25. The quantitative estimate of drug-likeness (QED) is 0.842. The molecule has 124 valence electrons. The Morgan fingerprint density at radius 1 is 1.45 bits per heavy atom. The smallest absolute Gasteiger partial charge is 0.215 e. The fourth-order valence-corrected chi connectivity index (χ4v) is 4.58. The first-order valence-electron chi connectivity index (χ1n) is 7.77. The number of fused-ring (bicyclic) bond motifs is 1. The summed E-state index contributed by atoms with van der Waals surface area (Å²) in [6.07, 6.45) is 2.49. The molecule has 7 nitrogen and oxygen atoms in total. The summed E-state index contributed by atoms with van der Waals surface area (Å²) < 4.78 is 34.0. The van der Waals surface area contributed by atoms with E-state index in [1.807, 2.05) is 11.7 Å². The van der Waals surface area contributed by atoms with Crippen LogP contribution in [-0.4, -0.2) is 55.1 Å². The van der Waals surface area contributed by atoms with Crippen LogP contribution in [0.2, 0.25) is 0 Å². The lowest BCUT2D eigenvalue weighted by atomic mass is 10.1. The van der Waals surface area contributed by atoms with Gasteiger partial charge in [-0.2, -0.15) is 5.10 Å². The zero-order valence-corrected chi connectivity index (χ0v) is 14.0. The van der Waals surface area contributed by atoms with Crippen molar-refractivity contribution in [1.29, 1.82) is 0 Å². The van der Waals surface area contributed by atoms with E-state index in [1.165, 1.54) is 12.6 Å². The van der Waals surface area contributed by atoms with Crippen LogP contribution in [0.3, 0.4) is 0 Å². The van der Waals surface area contributed by atoms with Gasteiger partial charge in [0, 0.05) is 32.1 Å². The summed E-state index contributed by atoms with van der Waals surface area (Å²) in [5.41, 5.74) is 3.46. The number of aryl methyl sites for hydroxylation is 1. The molecular formula is C14H24N4O3S. The first kappa shape index (κ1) is 15.9. The van der Waals surface area contributed by atoms with Crippen molar-refractivity contribution in [3.05, 3.63) is 17.0 Å². The average Bonchev–Trinajstić information content (AvgIpc) is 2.84. The van der Waals surface area contributed by atoms with Crippen molar-refractivity contribution in [2.75, 3.05) is 26.7 Å². The molecule has 0 saturated carbocycles. The van der Waals surface area contributed by atoms with E-state index in [4.69, 9.17) is 4.74 Å². The molecular weight excluding hydrogens is 304 g/mol. The van der Waals surface area contributed by atoms with Gasteiger partial charge in [0.05, 0.1) is 29.9 Å². The maximum Gasteiger partial charge on any atom is 0.215 e. The third-order valence-electron chi connectivity index (χ3n) is 4.65. The monoisotopic (exact) mass is 328 g/mol. The molecule has 3 rings (SSSR count). The van der Waals surface area contributed by atoms with Gasteiger partial charge in [-0.1, -0.05) is 0 Å². The molecule has 1 saturated heterocycles. The number of aromatic nitrogens is 2. The van der Waals surface area contributed by atoms with E-state index in [0.717, 1.165) is 50.3 Å². The van der Waals surface area contributed by atoms with E-state index < -0.39 is 10.0 Å². The summed E-state index contributed by atoms with van der Waals surface area (Å²) in [5.74, 6) is 0. The lowest BCUT2D eigenvalue weighted by molar-refractivity contribution is 0.108. The number of hydrogen-bond acceptors (Lipinski definition) is 5. The van der Waals surface area contributed by atoms with Gasteiger partial charge in [-0.15, -0.1) is 0 Å². The van der Waals surface area contributed by atoms with Crippen LogP contribution < -0.4 is 4.72 Å². The lowest BCUT2D eigenvalue weighted by Gasteiger charge is -2.32. The molecule has 0 bridgehead atoms. The molecule has 0 aliphatic carbocycles. The largest absolute Gasteiger partial charge is 0.376 e. The van der Waals surface area contributed by atoms with Gasteiger partial charge in [0.15, 0.2) is 0 Å². The topological polar surface area (TPSA) is 76.5 Å². The van der Waals surface area contributed by atoms with Crippen LogP contribution in [0.4, 0.5) is 0 Å². The highest BCUT2D eigenvalue weighted by Gasteiger charge is 2.31. The molecule has 1 aromatic rings. The second-order valence-electron chi connectivity index (χ2n) is 6.05. The van der Waals surface area contributed by atoms with E-state index in [0.29, 0.717) is 13.2 Å². The van der Waals surface area contributed by atoms with Crippen molar-refractivity contribution in [3.8, 4) is 0 Å². The van der Waals surface area contributed by atoms with Gasteiger partial charge in [0.25, 0.3) is 0 Å². The van der Waals surface area contributed by atoms with Gasteiger partial charge >= 0.3 is 0 Å². The van der Waals surface area contributed by atoms with Gasteiger partial charge in [-0.25, -0.2) is 13.1 Å². The molecule has 0 spiro atoms. The van der Waals surface area contributed by atoms with E-state index in [-0.39, 0.29) is 5.25 Å². The van der Waals surface area contributed by atoms with Crippen molar-refractivity contribution in [2.24, 2.45) is 7.05 Å². The highest BCUT2D eigenvalue weighted by molar-refractivity contribution is 7.90. The summed E-state index contributed by atoms with van der Waals surface area (Å²) >= 11 is 0. The van der Waals surface area contributed by atoms with Gasteiger partial charge in [-0.05, 0) is 26.4 Å². The number of rotatable bonds is 4. The fraction of sp³-hybridized carbons (Fsp3) is 0.786. The molecule has 22 heavy (non-hydrogen) atoms. The second kappa shape index (κ2) is 6.27. The standard InChI is InChI=1S/C14H24N4O3S/c1-15-22(19,20)11-4-3-6-18(8-11)9-14-12-10-21-7-5-13(12)16-17(14)2/h11,15H,3-10H2,1-2H3.